The Morgan fingerprint density at radius 2 is 1.78 bits per heavy atom. The van der Waals surface area contributed by atoms with E-state index in [0.717, 1.165) is 24.8 Å². The second-order valence-electron chi connectivity index (χ2n) is 2.06. The van der Waals surface area contributed by atoms with Gasteiger partial charge in [-0.3, -0.25) is 0 Å². The average Bonchev–Trinajstić information content (AvgIpc) is 1.78. The van der Waals surface area contributed by atoms with Crippen LogP contribution in [-0.2, 0) is 0 Å². The van der Waals surface area contributed by atoms with E-state index in [-0.39, 0.29) is 0 Å². The summed E-state index contributed by atoms with van der Waals surface area (Å²) in [6.45, 7) is 0. The van der Waals surface area contributed by atoms with Gasteiger partial charge in [0.15, 0.2) is 0 Å². The summed E-state index contributed by atoms with van der Waals surface area (Å²) in [5.41, 5.74) is 1.38. The molecule has 0 spiro atoms. The maximum absolute atomic E-state index is 8.33. The third-order valence-corrected chi connectivity index (χ3v) is 1.53. The van der Waals surface area contributed by atoms with Gasteiger partial charge in [-0.25, -0.2) is 0 Å². The van der Waals surface area contributed by atoms with Crippen molar-refractivity contribution in [2.75, 3.05) is 0 Å². The molecule has 0 heterocycles. The fraction of sp³-hybridized carbons (Fsp3) is 0.429. The highest BCUT2D eigenvalue weighted by molar-refractivity contribution is 5.41. The van der Waals surface area contributed by atoms with Crippen LogP contribution < -0.4 is 0 Å². The standard InChI is InChI=1S/C7H6N2/c8-4-7(5-9)6-2-1-3-6/h1-3H2. The maximum Gasteiger partial charge on any atom is 0.128 e. The number of rotatable bonds is 0. The first-order chi connectivity index (χ1) is 4.38. The van der Waals surface area contributed by atoms with Gasteiger partial charge in [0.25, 0.3) is 0 Å². The molecule has 0 unspecified atom stereocenters. The normalized spacial score (nSPS) is 15.1. The lowest BCUT2D eigenvalue weighted by Gasteiger charge is -2.14. The minimum atomic E-state index is 0.334. The molecule has 0 bridgehead atoms. The molecule has 1 fully saturated rings. The minimum Gasteiger partial charge on any atom is -0.192 e. The molecule has 0 aromatic heterocycles. The fourth-order valence-electron chi connectivity index (χ4n) is 0.787. The van der Waals surface area contributed by atoms with Crippen molar-refractivity contribution in [1.82, 2.24) is 0 Å². The number of allylic oxidation sites excluding steroid dienone is 2. The molecule has 0 aliphatic heterocycles. The van der Waals surface area contributed by atoms with E-state index in [0.29, 0.717) is 5.57 Å². The molecule has 0 aromatic rings. The highest BCUT2D eigenvalue weighted by atomic mass is 14.3. The lowest BCUT2D eigenvalue weighted by molar-refractivity contribution is 0.659. The second-order valence-corrected chi connectivity index (χ2v) is 2.06. The average molecular weight is 118 g/mol. The van der Waals surface area contributed by atoms with Crippen LogP contribution in [0, 0.1) is 22.7 Å². The molecule has 9 heavy (non-hydrogen) atoms. The van der Waals surface area contributed by atoms with E-state index < -0.39 is 0 Å². The van der Waals surface area contributed by atoms with E-state index >= 15 is 0 Å². The topological polar surface area (TPSA) is 47.6 Å². The molecule has 2 nitrogen and oxygen atoms in total. The van der Waals surface area contributed by atoms with Crippen LogP contribution >= 0.6 is 0 Å². The smallest absolute Gasteiger partial charge is 0.128 e. The van der Waals surface area contributed by atoms with Crippen LogP contribution in [0.2, 0.25) is 0 Å². The zero-order valence-corrected chi connectivity index (χ0v) is 5.02. The quantitative estimate of drug-likeness (QED) is 0.452. The minimum absolute atomic E-state index is 0.334. The Hall–Kier alpha value is -1.28. The van der Waals surface area contributed by atoms with Gasteiger partial charge in [-0.15, -0.1) is 0 Å². The second kappa shape index (κ2) is 2.33. The molecule has 0 aromatic carbocycles. The van der Waals surface area contributed by atoms with Crippen molar-refractivity contribution in [3.8, 4) is 12.1 Å². The molecule has 0 N–H and O–H groups in total. The summed E-state index contributed by atoms with van der Waals surface area (Å²) < 4.78 is 0. The highest BCUT2D eigenvalue weighted by Gasteiger charge is 2.13. The molecule has 0 saturated heterocycles. The van der Waals surface area contributed by atoms with Crippen LogP contribution in [0.3, 0.4) is 0 Å². The Morgan fingerprint density at radius 3 is 1.89 bits per heavy atom. The summed E-state index contributed by atoms with van der Waals surface area (Å²) in [4.78, 5) is 0. The van der Waals surface area contributed by atoms with Gasteiger partial charge in [0, 0.05) is 0 Å². The number of hydrogen-bond donors (Lipinski definition) is 0. The highest BCUT2D eigenvalue weighted by Crippen LogP contribution is 2.27. The summed E-state index contributed by atoms with van der Waals surface area (Å²) in [5, 5.41) is 16.7. The Bertz CT molecular complexity index is 202. The van der Waals surface area contributed by atoms with Crippen molar-refractivity contribution in [3.63, 3.8) is 0 Å². The zero-order chi connectivity index (χ0) is 6.69. The number of nitrogens with zero attached hydrogens (tertiary/aromatic N) is 2. The summed E-state index contributed by atoms with van der Waals surface area (Å²) in [6, 6.07) is 3.74. The lowest BCUT2D eigenvalue weighted by atomic mass is 9.89. The van der Waals surface area contributed by atoms with Crippen LogP contribution in [0.4, 0.5) is 0 Å². The fourth-order valence-corrected chi connectivity index (χ4v) is 0.787. The first kappa shape index (κ1) is 5.85. The summed E-state index contributed by atoms with van der Waals surface area (Å²) >= 11 is 0. The summed E-state index contributed by atoms with van der Waals surface area (Å²) in [7, 11) is 0. The van der Waals surface area contributed by atoms with Crippen LogP contribution in [0.1, 0.15) is 19.3 Å². The van der Waals surface area contributed by atoms with Gasteiger partial charge in [-0.1, -0.05) is 0 Å². The molecule has 1 rings (SSSR count). The molecular weight excluding hydrogens is 112 g/mol. The molecule has 0 atom stereocenters. The monoisotopic (exact) mass is 118 g/mol. The molecule has 2 heteroatoms. The SMILES string of the molecule is N#CC(C#N)=C1CCC1. The molecular formula is C7H6N2. The van der Waals surface area contributed by atoms with Crippen molar-refractivity contribution < 1.29 is 0 Å². The third kappa shape index (κ3) is 0.925. The van der Waals surface area contributed by atoms with Crippen molar-refractivity contribution >= 4 is 0 Å². The van der Waals surface area contributed by atoms with E-state index in [9.17, 15) is 0 Å². The zero-order valence-electron chi connectivity index (χ0n) is 5.02. The first-order valence-corrected chi connectivity index (χ1v) is 2.90. The summed E-state index contributed by atoms with van der Waals surface area (Å²) in [5.74, 6) is 0. The Kier molecular flexibility index (Phi) is 1.51. The van der Waals surface area contributed by atoms with Crippen molar-refractivity contribution in [1.29, 1.82) is 10.5 Å². The Balaban J connectivity index is 2.80. The molecule has 44 valence electrons. The van der Waals surface area contributed by atoms with E-state index in [1.165, 1.54) is 0 Å². The van der Waals surface area contributed by atoms with E-state index in [1.54, 1.807) is 0 Å². The van der Waals surface area contributed by atoms with Gasteiger partial charge in [0.2, 0.25) is 0 Å². The van der Waals surface area contributed by atoms with Crippen LogP contribution in [0.5, 0.6) is 0 Å². The van der Waals surface area contributed by atoms with Crippen LogP contribution in [-0.4, -0.2) is 0 Å². The first-order valence-electron chi connectivity index (χ1n) is 2.90. The van der Waals surface area contributed by atoms with Crippen molar-refractivity contribution in [3.05, 3.63) is 11.1 Å². The van der Waals surface area contributed by atoms with E-state index in [2.05, 4.69) is 0 Å². The van der Waals surface area contributed by atoms with Gasteiger partial charge in [0.1, 0.15) is 17.7 Å². The van der Waals surface area contributed by atoms with E-state index in [1.807, 2.05) is 12.1 Å². The van der Waals surface area contributed by atoms with Crippen molar-refractivity contribution in [2.24, 2.45) is 0 Å². The molecule has 1 aliphatic carbocycles. The number of hydrogen-bond acceptors (Lipinski definition) is 2. The Morgan fingerprint density at radius 1 is 1.22 bits per heavy atom. The van der Waals surface area contributed by atoms with Crippen LogP contribution in [0.25, 0.3) is 0 Å². The predicted molar refractivity (Wildman–Crippen MR) is 32.1 cm³/mol. The number of nitriles is 2. The molecule has 0 radical (unpaired) electrons. The van der Waals surface area contributed by atoms with E-state index in [4.69, 9.17) is 10.5 Å². The lowest BCUT2D eigenvalue weighted by Crippen LogP contribution is -1.99. The largest absolute Gasteiger partial charge is 0.192 e. The van der Waals surface area contributed by atoms with Gasteiger partial charge >= 0.3 is 0 Å². The van der Waals surface area contributed by atoms with Gasteiger partial charge in [-0.2, -0.15) is 10.5 Å². The molecule has 1 saturated carbocycles. The summed E-state index contributed by atoms with van der Waals surface area (Å²) in [6.07, 6.45) is 3.05. The predicted octanol–water partition coefficient (Wildman–Crippen LogP) is 1.51. The third-order valence-electron chi connectivity index (χ3n) is 1.53. The van der Waals surface area contributed by atoms with Gasteiger partial charge in [0.05, 0.1) is 0 Å². The maximum atomic E-state index is 8.33. The van der Waals surface area contributed by atoms with Crippen molar-refractivity contribution in [2.45, 2.75) is 19.3 Å². The van der Waals surface area contributed by atoms with Gasteiger partial charge in [-0.05, 0) is 24.8 Å². The molecule has 1 aliphatic rings. The Labute approximate surface area is 54.0 Å². The molecule has 0 amide bonds. The van der Waals surface area contributed by atoms with Gasteiger partial charge < -0.3 is 0 Å². The van der Waals surface area contributed by atoms with Crippen LogP contribution in [0.15, 0.2) is 11.1 Å².